The summed E-state index contributed by atoms with van der Waals surface area (Å²) in [6.07, 6.45) is 0.480. The average molecular weight is 401 g/mol. The third-order valence-corrected chi connectivity index (χ3v) is 5.03. The van der Waals surface area contributed by atoms with E-state index in [1.807, 2.05) is 0 Å². The Kier molecular flexibility index (Phi) is 7.53. The van der Waals surface area contributed by atoms with Gasteiger partial charge in [-0.2, -0.15) is 0 Å². The molecule has 1 aromatic carbocycles. The summed E-state index contributed by atoms with van der Waals surface area (Å²) in [5.41, 5.74) is 5.62. The van der Waals surface area contributed by atoms with E-state index in [1.54, 1.807) is 0 Å². The molecular weight excluding hydrogens is 375 g/mol. The molecule has 4 N–H and O–H groups in total. The number of ether oxygens (including phenoxy) is 1. The van der Waals surface area contributed by atoms with Gasteiger partial charge in [0.2, 0.25) is 11.8 Å². The molecule has 0 spiro atoms. The minimum absolute atomic E-state index is 0.151. The fourth-order valence-electron chi connectivity index (χ4n) is 3.47. The molecule has 156 valence electrons. The number of benzene rings is 1. The lowest BCUT2D eigenvalue weighted by atomic mass is 9.70. The van der Waals surface area contributed by atoms with Gasteiger partial charge in [0.05, 0.1) is 0 Å². The van der Waals surface area contributed by atoms with Crippen LogP contribution >= 0.6 is 0 Å². The number of nitrogens with one attached hydrogen (secondary N) is 2. The predicted octanol–water partition coefficient (Wildman–Crippen LogP) is 3.33. The molecule has 0 aromatic heterocycles. The van der Waals surface area contributed by atoms with Gasteiger partial charge in [-0.3, -0.25) is 9.59 Å². The zero-order chi connectivity index (χ0) is 20.6. The van der Waals surface area contributed by atoms with Crippen molar-refractivity contribution < 1.29 is 27.5 Å². The van der Waals surface area contributed by atoms with Crippen LogP contribution in [0.2, 0.25) is 0 Å². The minimum Gasteiger partial charge on any atom is -0.406 e. The summed E-state index contributed by atoms with van der Waals surface area (Å²) < 4.78 is 40.1. The summed E-state index contributed by atoms with van der Waals surface area (Å²) in [4.78, 5) is 23.8. The maximum absolute atomic E-state index is 12.1. The number of anilines is 1. The van der Waals surface area contributed by atoms with Crippen LogP contribution < -0.4 is 21.1 Å². The van der Waals surface area contributed by atoms with E-state index in [0.29, 0.717) is 25.2 Å². The van der Waals surface area contributed by atoms with Crippen LogP contribution in [0, 0.1) is 5.41 Å². The van der Waals surface area contributed by atoms with E-state index in [2.05, 4.69) is 15.4 Å². The van der Waals surface area contributed by atoms with Crippen LogP contribution in [0.1, 0.15) is 44.9 Å². The number of alkyl halides is 3. The van der Waals surface area contributed by atoms with Crippen molar-refractivity contribution in [2.75, 3.05) is 18.4 Å². The van der Waals surface area contributed by atoms with E-state index in [1.165, 1.54) is 24.3 Å². The number of carbonyl (C=O) groups excluding carboxylic acids is 2. The van der Waals surface area contributed by atoms with Crippen molar-refractivity contribution in [3.63, 3.8) is 0 Å². The molecule has 1 saturated carbocycles. The molecular formula is C19H26F3N3O3. The van der Waals surface area contributed by atoms with Gasteiger partial charge in [-0.15, -0.1) is 13.2 Å². The summed E-state index contributed by atoms with van der Waals surface area (Å²) in [5.74, 6) is -0.765. The molecule has 0 unspecified atom stereocenters. The molecule has 0 radical (unpaired) electrons. The molecule has 1 aromatic rings. The monoisotopic (exact) mass is 401 g/mol. The Labute approximate surface area is 162 Å². The molecule has 1 aliphatic carbocycles. The van der Waals surface area contributed by atoms with Crippen LogP contribution in [0.25, 0.3) is 0 Å². The third-order valence-electron chi connectivity index (χ3n) is 5.03. The van der Waals surface area contributed by atoms with E-state index in [0.717, 1.165) is 32.1 Å². The smallest absolute Gasteiger partial charge is 0.406 e. The quantitative estimate of drug-likeness (QED) is 0.554. The van der Waals surface area contributed by atoms with E-state index < -0.39 is 11.8 Å². The number of amides is 2. The fraction of sp³-hybridized carbons (Fsp3) is 0.579. The van der Waals surface area contributed by atoms with Crippen molar-refractivity contribution in [3.8, 4) is 5.75 Å². The van der Waals surface area contributed by atoms with Crippen LogP contribution in [-0.2, 0) is 9.59 Å². The van der Waals surface area contributed by atoms with E-state index in [-0.39, 0.29) is 24.0 Å². The molecule has 2 rings (SSSR count). The topological polar surface area (TPSA) is 93.5 Å². The first-order chi connectivity index (χ1) is 13.2. The van der Waals surface area contributed by atoms with Crippen molar-refractivity contribution in [2.24, 2.45) is 11.1 Å². The number of hydrogen-bond acceptors (Lipinski definition) is 4. The molecule has 0 bridgehead atoms. The van der Waals surface area contributed by atoms with Gasteiger partial charge in [0, 0.05) is 30.6 Å². The standard InChI is InChI=1S/C19H26F3N3O3/c20-19(21,22)28-15-6-4-14(5-7-15)24-12-13-25-16(26)8-11-18(17(23)27)9-2-1-3-10-18/h4-7,24H,1-3,8-13H2,(H2,23,27)(H,25,26). The Bertz CT molecular complexity index is 657. The highest BCUT2D eigenvalue weighted by Gasteiger charge is 2.37. The summed E-state index contributed by atoms with van der Waals surface area (Å²) >= 11 is 0. The van der Waals surface area contributed by atoms with Gasteiger partial charge in [0.1, 0.15) is 5.75 Å². The lowest BCUT2D eigenvalue weighted by Crippen LogP contribution is -2.40. The maximum atomic E-state index is 12.1. The van der Waals surface area contributed by atoms with Gasteiger partial charge in [-0.05, 0) is 43.5 Å². The Morgan fingerprint density at radius 1 is 1.07 bits per heavy atom. The zero-order valence-corrected chi connectivity index (χ0v) is 15.6. The summed E-state index contributed by atoms with van der Waals surface area (Å²) in [6, 6.07) is 5.34. The molecule has 1 fully saturated rings. The lowest BCUT2D eigenvalue weighted by Gasteiger charge is -2.34. The highest BCUT2D eigenvalue weighted by atomic mass is 19.4. The predicted molar refractivity (Wildman–Crippen MR) is 98.6 cm³/mol. The summed E-state index contributed by atoms with van der Waals surface area (Å²) in [7, 11) is 0. The third kappa shape index (κ3) is 6.94. The van der Waals surface area contributed by atoms with Crippen LogP contribution in [0.4, 0.5) is 18.9 Å². The zero-order valence-electron chi connectivity index (χ0n) is 15.6. The molecule has 28 heavy (non-hydrogen) atoms. The number of rotatable bonds is 9. The van der Waals surface area contributed by atoms with Crippen molar-refractivity contribution in [1.29, 1.82) is 0 Å². The molecule has 1 aliphatic rings. The normalized spacial score (nSPS) is 16.2. The molecule has 0 saturated heterocycles. The Morgan fingerprint density at radius 2 is 1.71 bits per heavy atom. The van der Waals surface area contributed by atoms with Gasteiger partial charge in [-0.1, -0.05) is 19.3 Å². The van der Waals surface area contributed by atoms with Crippen LogP contribution in [0.15, 0.2) is 24.3 Å². The van der Waals surface area contributed by atoms with E-state index in [9.17, 15) is 22.8 Å². The van der Waals surface area contributed by atoms with Gasteiger partial charge in [-0.25, -0.2) is 0 Å². The van der Waals surface area contributed by atoms with Crippen LogP contribution in [0.3, 0.4) is 0 Å². The Morgan fingerprint density at radius 3 is 2.29 bits per heavy atom. The van der Waals surface area contributed by atoms with Crippen molar-refractivity contribution in [2.45, 2.75) is 51.3 Å². The van der Waals surface area contributed by atoms with Crippen LogP contribution in [-0.4, -0.2) is 31.3 Å². The summed E-state index contributed by atoms with van der Waals surface area (Å²) in [6.45, 7) is 0.759. The number of nitrogens with two attached hydrogens (primary N) is 1. The first-order valence-electron chi connectivity index (χ1n) is 9.36. The minimum atomic E-state index is -4.72. The average Bonchev–Trinajstić information content (AvgIpc) is 2.64. The van der Waals surface area contributed by atoms with Crippen molar-refractivity contribution >= 4 is 17.5 Å². The maximum Gasteiger partial charge on any atom is 0.573 e. The van der Waals surface area contributed by atoms with Gasteiger partial charge in [0.25, 0.3) is 0 Å². The van der Waals surface area contributed by atoms with E-state index >= 15 is 0 Å². The Balaban J connectivity index is 1.67. The fourth-order valence-corrected chi connectivity index (χ4v) is 3.47. The highest BCUT2D eigenvalue weighted by molar-refractivity contribution is 5.82. The highest BCUT2D eigenvalue weighted by Crippen LogP contribution is 2.39. The second-order valence-electron chi connectivity index (χ2n) is 7.05. The SMILES string of the molecule is NC(=O)C1(CCC(=O)NCCNc2ccc(OC(F)(F)F)cc2)CCCCC1. The molecule has 0 aliphatic heterocycles. The lowest BCUT2D eigenvalue weighted by molar-refractivity contribution is -0.274. The first-order valence-corrected chi connectivity index (χ1v) is 9.36. The van der Waals surface area contributed by atoms with Crippen LogP contribution in [0.5, 0.6) is 5.75 Å². The molecule has 0 heterocycles. The van der Waals surface area contributed by atoms with Crippen molar-refractivity contribution in [1.82, 2.24) is 5.32 Å². The largest absolute Gasteiger partial charge is 0.573 e. The molecule has 9 heteroatoms. The molecule has 6 nitrogen and oxygen atoms in total. The van der Waals surface area contributed by atoms with Crippen molar-refractivity contribution in [3.05, 3.63) is 24.3 Å². The molecule has 2 amide bonds. The number of primary amides is 1. The second-order valence-corrected chi connectivity index (χ2v) is 7.05. The van der Waals surface area contributed by atoms with Gasteiger partial charge in [0.15, 0.2) is 0 Å². The van der Waals surface area contributed by atoms with Gasteiger partial charge < -0.3 is 21.1 Å². The second kappa shape index (κ2) is 9.66. The van der Waals surface area contributed by atoms with Gasteiger partial charge >= 0.3 is 6.36 Å². The number of halogens is 3. The molecule has 0 atom stereocenters. The first kappa shape index (κ1) is 21.8. The Hall–Kier alpha value is -2.45. The van der Waals surface area contributed by atoms with E-state index in [4.69, 9.17) is 5.73 Å². The number of carbonyl (C=O) groups is 2. The number of hydrogen-bond donors (Lipinski definition) is 3. The summed E-state index contributed by atoms with van der Waals surface area (Å²) in [5, 5.41) is 5.76.